The van der Waals surface area contributed by atoms with E-state index >= 15 is 0 Å². The number of benzene rings is 1. The Balaban J connectivity index is 3.46. The van der Waals surface area contributed by atoms with E-state index in [1.54, 1.807) is 6.07 Å². The maximum absolute atomic E-state index is 5.80. The van der Waals surface area contributed by atoms with Crippen molar-refractivity contribution in [3.05, 3.63) is 24.2 Å². The van der Waals surface area contributed by atoms with Crippen LogP contribution in [0.3, 0.4) is 0 Å². The van der Waals surface area contributed by atoms with Crippen molar-refractivity contribution >= 4 is 67.4 Å². The smallest absolute Gasteiger partial charge is 0.0624 e. The monoisotopic (exact) mass is 365 g/mol. The summed E-state index contributed by atoms with van der Waals surface area (Å²) < 4.78 is 1.52. The number of hydrogen-bond donors (Lipinski definition) is 1. The third kappa shape index (κ3) is 1.94. The molecule has 0 aromatic heterocycles. The molecular weight excluding hydrogens is 364 g/mol. The van der Waals surface area contributed by atoms with Crippen LogP contribution in [0, 0.1) is 3.57 Å². The van der Waals surface area contributed by atoms with Gasteiger partial charge in [0.25, 0.3) is 0 Å². The van der Waals surface area contributed by atoms with Crippen LogP contribution in [0.1, 0.15) is 0 Å². The fourth-order valence-corrected chi connectivity index (χ4v) is 2.18. The van der Waals surface area contributed by atoms with Crippen LogP contribution in [0.4, 0.5) is 5.69 Å². The second-order valence-electron chi connectivity index (χ2n) is 1.88. The van der Waals surface area contributed by atoms with Gasteiger partial charge in [0.2, 0.25) is 0 Å². The second-order valence-corrected chi connectivity index (χ2v) is 4.57. The van der Waals surface area contributed by atoms with Gasteiger partial charge in [0, 0.05) is 0 Å². The Morgan fingerprint density at radius 1 is 1.36 bits per heavy atom. The Bertz CT molecular complexity index is 277. The molecule has 0 unspecified atom stereocenters. The molecule has 1 rings (SSSR count). The predicted octanol–water partition coefficient (Wildman–Crippen LogP) is 3.94. The van der Waals surface area contributed by atoms with Crippen LogP contribution in [0.25, 0.3) is 0 Å². The van der Waals surface area contributed by atoms with E-state index in [1.165, 1.54) is 0 Å². The first-order chi connectivity index (χ1) is 5.04. The fraction of sp³-hybridized carbons (Fsp3) is 0. The lowest BCUT2D eigenvalue weighted by Gasteiger charge is -2.04. The maximum atomic E-state index is 5.80. The van der Waals surface area contributed by atoms with Crippen molar-refractivity contribution in [3.63, 3.8) is 0 Å². The Labute approximate surface area is 96.5 Å². The lowest BCUT2D eigenvalue weighted by Crippen LogP contribution is -1.92. The number of hydrogen-bond acceptors (Lipinski definition) is 1. The average Bonchev–Trinajstić information content (AvgIpc) is 1.97. The number of nitrogen functional groups attached to an aromatic ring is 1. The Morgan fingerprint density at radius 2 is 1.91 bits per heavy atom. The van der Waals surface area contributed by atoms with Gasteiger partial charge < -0.3 is 5.73 Å². The fourth-order valence-electron chi connectivity index (χ4n) is 0.592. The zero-order valence-electron chi connectivity index (χ0n) is 5.17. The largest absolute Gasteiger partial charge is 0.397 e. The second kappa shape index (κ2) is 3.68. The molecule has 11 heavy (non-hydrogen) atoms. The number of halogens is 4. The lowest BCUT2D eigenvalue weighted by molar-refractivity contribution is 1.58. The van der Waals surface area contributed by atoms with Gasteiger partial charge in [-0.15, -0.1) is 0 Å². The molecule has 0 atom stereocenters. The van der Waals surface area contributed by atoms with Crippen molar-refractivity contribution in [2.24, 2.45) is 0 Å². The first-order valence-corrected chi connectivity index (χ1v) is 5.25. The van der Waals surface area contributed by atoms with Crippen LogP contribution < -0.4 is 5.73 Å². The molecule has 0 bridgehead atoms. The molecule has 0 radical (unpaired) electrons. The molecule has 0 saturated carbocycles. The van der Waals surface area contributed by atoms with Gasteiger partial charge in [-0.1, -0.05) is 23.2 Å². The molecule has 0 saturated heterocycles. The third-order valence-electron chi connectivity index (χ3n) is 1.15. The van der Waals surface area contributed by atoms with Crippen LogP contribution in [0.2, 0.25) is 10.0 Å². The molecule has 1 nitrogen and oxygen atoms in total. The van der Waals surface area contributed by atoms with E-state index in [4.69, 9.17) is 28.9 Å². The Hall–Kier alpha value is 0.810. The SMILES string of the molecule is Nc1c(Br)c(Cl)cc(Cl)c1I. The average molecular weight is 367 g/mol. The molecule has 0 aliphatic rings. The topological polar surface area (TPSA) is 26.0 Å². The van der Waals surface area contributed by atoms with E-state index in [0.29, 0.717) is 20.2 Å². The third-order valence-corrected chi connectivity index (χ3v) is 4.31. The van der Waals surface area contributed by atoms with Crippen LogP contribution in [0.5, 0.6) is 0 Å². The van der Waals surface area contributed by atoms with Crippen LogP contribution in [-0.2, 0) is 0 Å². The highest BCUT2D eigenvalue weighted by molar-refractivity contribution is 14.1. The molecule has 0 amide bonds. The van der Waals surface area contributed by atoms with Gasteiger partial charge in [-0.05, 0) is 44.6 Å². The molecule has 0 heterocycles. The van der Waals surface area contributed by atoms with Gasteiger partial charge in [-0.25, -0.2) is 0 Å². The number of nitrogens with two attached hydrogens (primary N) is 1. The van der Waals surface area contributed by atoms with Gasteiger partial charge in [0.15, 0.2) is 0 Å². The first-order valence-electron chi connectivity index (χ1n) is 2.62. The van der Waals surface area contributed by atoms with Gasteiger partial charge in [-0.3, -0.25) is 0 Å². The molecule has 0 aliphatic heterocycles. The van der Waals surface area contributed by atoms with Gasteiger partial charge in [0.1, 0.15) is 0 Å². The van der Waals surface area contributed by atoms with Crippen molar-refractivity contribution in [1.29, 1.82) is 0 Å². The van der Waals surface area contributed by atoms with E-state index in [-0.39, 0.29) is 0 Å². The summed E-state index contributed by atoms with van der Waals surface area (Å²) in [6, 6.07) is 1.66. The Kier molecular flexibility index (Phi) is 3.31. The van der Waals surface area contributed by atoms with Crippen LogP contribution in [-0.4, -0.2) is 0 Å². The van der Waals surface area contributed by atoms with E-state index < -0.39 is 0 Å². The first kappa shape index (κ1) is 9.89. The Morgan fingerprint density at radius 3 is 2.45 bits per heavy atom. The molecule has 0 aliphatic carbocycles. The zero-order valence-corrected chi connectivity index (χ0v) is 10.4. The molecule has 5 heteroatoms. The van der Waals surface area contributed by atoms with E-state index in [1.807, 2.05) is 0 Å². The molecule has 1 aromatic rings. The number of anilines is 1. The van der Waals surface area contributed by atoms with Crippen molar-refractivity contribution < 1.29 is 0 Å². The summed E-state index contributed by atoms with van der Waals surface area (Å²) in [5.74, 6) is 0. The summed E-state index contributed by atoms with van der Waals surface area (Å²) in [7, 11) is 0. The maximum Gasteiger partial charge on any atom is 0.0624 e. The van der Waals surface area contributed by atoms with E-state index in [2.05, 4.69) is 38.5 Å². The molecule has 0 spiro atoms. The zero-order chi connectivity index (χ0) is 8.59. The highest BCUT2D eigenvalue weighted by Crippen LogP contribution is 2.36. The highest BCUT2D eigenvalue weighted by Gasteiger charge is 2.08. The normalized spacial score (nSPS) is 10.2. The van der Waals surface area contributed by atoms with E-state index in [0.717, 1.165) is 3.57 Å². The van der Waals surface area contributed by atoms with Crippen molar-refractivity contribution in [1.82, 2.24) is 0 Å². The van der Waals surface area contributed by atoms with Gasteiger partial charge in [-0.2, -0.15) is 0 Å². The predicted molar refractivity (Wildman–Crippen MR) is 61.3 cm³/mol. The molecule has 2 N–H and O–H groups in total. The quantitative estimate of drug-likeness (QED) is 0.420. The van der Waals surface area contributed by atoms with Crippen LogP contribution in [0.15, 0.2) is 10.5 Å². The molecular formula is C6H3BrCl2IN. The minimum Gasteiger partial charge on any atom is -0.397 e. The summed E-state index contributed by atoms with van der Waals surface area (Å²) in [6.45, 7) is 0. The summed E-state index contributed by atoms with van der Waals surface area (Å²) in [6.07, 6.45) is 0. The van der Waals surface area contributed by atoms with Gasteiger partial charge in [0.05, 0.1) is 23.8 Å². The summed E-state index contributed by atoms with van der Waals surface area (Å²) in [4.78, 5) is 0. The standard InChI is InChI=1S/C6H3BrCl2IN/c7-4-2(8)1-3(9)5(10)6(4)11/h1H,11H2. The van der Waals surface area contributed by atoms with Crippen molar-refractivity contribution in [3.8, 4) is 0 Å². The highest BCUT2D eigenvalue weighted by atomic mass is 127. The lowest BCUT2D eigenvalue weighted by atomic mass is 10.3. The van der Waals surface area contributed by atoms with E-state index in [9.17, 15) is 0 Å². The molecule has 60 valence electrons. The van der Waals surface area contributed by atoms with Crippen LogP contribution >= 0.6 is 61.7 Å². The summed E-state index contributed by atoms with van der Waals surface area (Å²) in [5, 5.41) is 1.12. The molecule has 1 aromatic carbocycles. The number of rotatable bonds is 0. The minimum atomic E-state index is 0.535. The van der Waals surface area contributed by atoms with Gasteiger partial charge >= 0.3 is 0 Å². The molecule has 0 fully saturated rings. The minimum absolute atomic E-state index is 0.535. The van der Waals surface area contributed by atoms with Crippen molar-refractivity contribution in [2.45, 2.75) is 0 Å². The van der Waals surface area contributed by atoms with Crippen molar-refractivity contribution in [2.75, 3.05) is 5.73 Å². The summed E-state index contributed by atoms with van der Waals surface area (Å²) >= 11 is 16.9. The summed E-state index contributed by atoms with van der Waals surface area (Å²) in [5.41, 5.74) is 6.25.